The SMILES string of the molecule is O=P(/C=C(\Cl)c1ccccc1)(/C=C(\Cl)c1ccccc1)NCC(c1ccc(F)cc1)N1CCOCC1. The molecule has 1 heterocycles. The molecule has 1 fully saturated rings. The van der Waals surface area contributed by atoms with Crippen LogP contribution in [-0.2, 0) is 9.30 Å². The van der Waals surface area contributed by atoms with Crippen molar-refractivity contribution in [2.45, 2.75) is 6.04 Å². The number of morpholine rings is 1. The molecule has 188 valence electrons. The monoisotopic (exact) mass is 544 g/mol. The summed E-state index contributed by atoms with van der Waals surface area (Å²) in [6, 6.07) is 25.0. The summed E-state index contributed by atoms with van der Waals surface area (Å²) < 4.78 is 33.5. The molecule has 1 N–H and O–H groups in total. The highest BCUT2D eigenvalue weighted by Gasteiger charge is 2.26. The Morgan fingerprint density at radius 1 is 0.889 bits per heavy atom. The second kappa shape index (κ2) is 12.8. The summed E-state index contributed by atoms with van der Waals surface area (Å²) in [5, 5.41) is 4.00. The van der Waals surface area contributed by atoms with Crippen molar-refractivity contribution in [1.29, 1.82) is 0 Å². The summed E-state index contributed by atoms with van der Waals surface area (Å²) in [4.78, 5) is 2.25. The van der Waals surface area contributed by atoms with E-state index in [0.717, 1.165) is 29.8 Å². The van der Waals surface area contributed by atoms with Gasteiger partial charge in [-0.1, -0.05) is 96.0 Å². The van der Waals surface area contributed by atoms with Crippen molar-refractivity contribution in [2.24, 2.45) is 0 Å². The van der Waals surface area contributed by atoms with Crippen LogP contribution in [0.25, 0.3) is 10.1 Å². The predicted molar refractivity (Wildman–Crippen MR) is 148 cm³/mol. The number of benzene rings is 3. The Balaban J connectivity index is 1.67. The maximum Gasteiger partial charge on any atom is 0.193 e. The lowest BCUT2D eigenvalue weighted by Crippen LogP contribution is -2.42. The Kier molecular flexibility index (Phi) is 9.55. The van der Waals surface area contributed by atoms with E-state index in [2.05, 4.69) is 9.99 Å². The van der Waals surface area contributed by atoms with Gasteiger partial charge in [-0.15, -0.1) is 0 Å². The molecule has 0 radical (unpaired) electrons. The Hall–Kier alpha value is -2.24. The van der Waals surface area contributed by atoms with Gasteiger partial charge in [-0.2, -0.15) is 0 Å². The van der Waals surface area contributed by atoms with E-state index in [0.29, 0.717) is 29.8 Å². The molecule has 8 heteroatoms. The molecular weight excluding hydrogens is 517 g/mol. The zero-order valence-corrected chi connectivity index (χ0v) is 22.1. The molecule has 1 aliphatic heterocycles. The van der Waals surface area contributed by atoms with E-state index >= 15 is 0 Å². The van der Waals surface area contributed by atoms with Crippen molar-refractivity contribution in [3.63, 3.8) is 0 Å². The zero-order chi connectivity index (χ0) is 25.4. The van der Waals surface area contributed by atoms with Crippen LogP contribution in [0.2, 0.25) is 0 Å². The van der Waals surface area contributed by atoms with Crippen LogP contribution in [0.15, 0.2) is 96.6 Å². The number of hydrogen-bond donors (Lipinski definition) is 1. The van der Waals surface area contributed by atoms with E-state index in [4.69, 9.17) is 27.9 Å². The maximum absolute atomic E-state index is 14.3. The molecule has 1 atom stereocenters. The molecule has 36 heavy (non-hydrogen) atoms. The minimum atomic E-state index is -3.37. The number of ether oxygens (including phenoxy) is 1. The van der Waals surface area contributed by atoms with Gasteiger partial charge in [-0.3, -0.25) is 14.6 Å². The van der Waals surface area contributed by atoms with Crippen LogP contribution >= 0.6 is 30.5 Å². The first-order valence-corrected chi connectivity index (χ1v) is 14.3. The van der Waals surface area contributed by atoms with Crippen molar-refractivity contribution in [2.75, 3.05) is 32.8 Å². The van der Waals surface area contributed by atoms with Crippen LogP contribution in [0.5, 0.6) is 0 Å². The van der Waals surface area contributed by atoms with E-state index in [-0.39, 0.29) is 11.9 Å². The lowest BCUT2D eigenvalue weighted by molar-refractivity contribution is 0.0172. The number of halogens is 3. The summed E-state index contributed by atoms with van der Waals surface area (Å²) in [6.45, 7) is 2.99. The van der Waals surface area contributed by atoms with Gasteiger partial charge in [0, 0.05) is 37.3 Å². The van der Waals surface area contributed by atoms with Gasteiger partial charge in [-0.25, -0.2) is 4.39 Å². The van der Waals surface area contributed by atoms with Crippen LogP contribution in [0.4, 0.5) is 4.39 Å². The van der Waals surface area contributed by atoms with Gasteiger partial charge >= 0.3 is 0 Å². The van der Waals surface area contributed by atoms with Crippen molar-refractivity contribution in [3.8, 4) is 0 Å². The van der Waals surface area contributed by atoms with E-state index in [9.17, 15) is 8.96 Å². The van der Waals surface area contributed by atoms with E-state index in [1.807, 2.05) is 60.7 Å². The number of hydrogen-bond acceptors (Lipinski definition) is 3. The van der Waals surface area contributed by atoms with Crippen molar-refractivity contribution in [1.82, 2.24) is 9.99 Å². The highest BCUT2D eigenvalue weighted by atomic mass is 35.5. The quantitative estimate of drug-likeness (QED) is 0.282. The van der Waals surface area contributed by atoms with Crippen LogP contribution < -0.4 is 5.09 Å². The third kappa shape index (κ3) is 7.39. The minimum absolute atomic E-state index is 0.143. The largest absolute Gasteiger partial charge is 0.379 e. The van der Waals surface area contributed by atoms with Crippen LogP contribution in [0, 0.1) is 5.82 Å². The van der Waals surface area contributed by atoms with Crippen LogP contribution in [0.1, 0.15) is 22.7 Å². The summed E-state index contributed by atoms with van der Waals surface area (Å²) in [5.41, 5.74) is 2.44. The average molecular weight is 545 g/mol. The average Bonchev–Trinajstić information content (AvgIpc) is 2.91. The van der Waals surface area contributed by atoms with Gasteiger partial charge in [0.05, 0.1) is 23.3 Å². The molecule has 0 aliphatic carbocycles. The minimum Gasteiger partial charge on any atom is -0.379 e. The van der Waals surface area contributed by atoms with Gasteiger partial charge in [0.1, 0.15) is 5.82 Å². The molecule has 0 amide bonds. The Bertz CT molecular complexity index is 1170. The Morgan fingerprint density at radius 2 is 1.39 bits per heavy atom. The molecular formula is C28H28Cl2FN2O2P. The molecule has 1 unspecified atom stereocenters. The lowest BCUT2D eigenvalue weighted by Gasteiger charge is -2.35. The fraction of sp³-hybridized carbons (Fsp3) is 0.214. The molecule has 4 rings (SSSR count). The second-order valence-electron chi connectivity index (χ2n) is 8.47. The lowest BCUT2D eigenvalue weighted by atomic mass is 10.0. The third-order valence-electron chi connectivity index (χ3n) is 5.98. The topological polar surface area (TPSA) is 41.6 Å². The predicted octanol–water partition coefficient (Wildman–Crippen LogP) is 7.54. The summed E-state index contributed by atoms with van der Waals surface area (Å²) in [7, 11) is -3.37. The first kappa shape index (κ1) is 26.8. The molecule has 0 spiro atoms. The third-order valence-corrected chi connectivity index (χ3v) is 8.90. The van der Waals surface area contributed by atoms with E-state index < -0.39 is 7.29 Å². The van der Waals surface area contributed by atoms with Crippen molar-refractivity contribution >= 4 is 40.6 Å². The second-order valence-corrected chi connectivity index (χ2v) is 11.5. The molecule has 3 aromatic carbocycles. The van der Waals surface area contributed by atoms with Gasteiger partial charge in [0.15, 0.2) is 7.29 Å². The summed E-state index contributed by atoms with van der Waals surface area (Å²) >= 11 is 13.3. The number of nitrogens with zero attached hydrogens (tertiary/aromatic N) is 1. The zero-order valence-electron chi connectivity index (χ0n) is 19.7. The maximum atomic E-state index is 14.3. The number of nitrogens with one attached hydrogen (secondary N) is 1. The smallest absolute Gasteiger partial charge is 0.193 e. The molecule has 1 saturated heterocycles. The highest BCUT2D eigenvalue weighted by molar-refractivity contribution is 7.68. The molecule has 1 aliphatic rings. The normalized spacial score (nSPS) is 16.6. The molecule has 0 aromatic heterocycles. The van der Waals surface area contributed by atoms with Crippen molar-refractivity contribution in [3.05, 3.63) is 119 Å². The number of rotatable bonds is 9. The summed E-state index contributed by atoms with van der Waals surface area (Å²) in [6.07, 6.45) is 0. The van der Waals surface area contributed by atoms with Gasteiger partial charge in [0.2, 0.25) is 0 Å². The fourth-order valence-corrected chi connectivity index (χ4v) is 6.88. The molecule has 0 saturated carbocycles. The molecule has 4 nitrogen and oxygen atoms in total. The molecule has 3 aromatic rings. The first-order chi connectivity index (χ1) is 17.4. The highest BCUT2D eigenvalue weighted by Crippen LogP contribution is 2.50. The van der Waals surface area contributed by atoms with Crippen LogP contribution in [0.3, 0.4) is 0 Å². The fourth-order valence-electron chi connectivity index (χ4n) is 4.07. The standard InChI is InChI=1S/C28H28Cl2FN2O2P/c29-26(22-7-3-1-4-8-22)20-36(34,21-27(30)23-9-5-2-6-10-23)32-19-28(33-15-17-35-18-16-33)24-11-13-25(31)14-12-24/h1-14,20-21,28H,15-19H2,(H,32,34)/b26-20-,27-21-. The van der Waals surface area contributed by atoms with E-state index in [1.165, 1.54) is 12.1 Å². The van der Waals surface area contributed by atoms with Gasteiger partial charge in [-0.05, 0) is 28.8 Å². The van der Waals surface area contributed by atoms with Crippen LogP contribution in [-0.4, -0.2) is 37.7 Å². The Morgan fingerprint density at radius 3 is 1.89 bits per heavy atom. The van der Waals surface area contributed by atoms with Crippen molar-refractivity contribution < 1.29 is 13.7 Å². The van der Waals surface area contributed by atoms with E-state index in [1.54, 1.807) is 23.8 Å². The van der Waals surface area contributed by atoms with Gasteiger partial charge in [0.25, 0.3) is 0 Å². The summed E-state index contributed by atoms with van der Waals surface area (Å²) in [5.74, 6) is 2.81. The van der Waals surface area contributed by atoms with Gasteiger partial charge < -0.3 is 4.74 Å². The first-order valence-electron chi connectivity index (χ1n) is 11.7. The Labute approximate surface area is 221 Å². The molecule has 0 bridgehead atoms.